The van der Waals surface area contributed by atoms with Crippen molar-refractivity contribution in [3.8, 4) is 0 Å². The minimum Gasteiger partial charge on any atom is -0.328 e. The zero-order valence-electron chi connectivity index (χ0n) is 10.6. The lowest BCUT2D eigenvalue weighted by molar-refractivity contribution is 0.266. The Morgan fingerprint density at radius 3 is 2.00 bits per heavy atom. The summed E-state index contributed by atoms with van der Waals surface area (Å²) in [5, 5.41) is 0. The fourth-order valence-corrected chi connectivity index (χ4v) is 1.78. The van der Waals surface area contributed by atoms with Crippen LogP contribution in [0.1, 0.15) is 47.5 Å². The second-order valence-electron chi connectivity index (χ2n) is 5.34. The van der Waals surface area contributed by atoms with Crippen LogP contribution in [0.3, 0.4) is 0 Å². The van der Waals surface area contributed by atoms with Crippen molar-refractivity contribution in [2.45, 2.75) is 53.5 Å². The van der Waals surface area contributed by atoms with Gasteiger partial charge in [0.2, 0.25) is 0 Å². The SMILES string of the molecule is CCN(CC)CCC(N)CC(C)(C)C. The van der Waals surface area contributed by atoms with E-state index in [0.29, 0.717) is 11.5 Å². The van der Waals surface area contributed by atoms with Gasteiger partial charge in [-0.2, -0.15) is 0 Å². The monoisotopic (exact) mass is 200 g/mol. The molecule has 0 amide bonds. The largest absolute Gasteiger partial charge is 0.328 e. The van der Waals surface area contributed by atoms with Gasteiger partial charge in [-0.3, -0.25) is 0 Å². The number of rotatable bonds is 6. The normalized spacial score (nSPS) is 14.8. The van der Waals surface area contributed by atoms with Crippen LogP contribution in [0.15, 0.2) is 0 Å². The summed E-state index contributed by atoms with van der Waals surface area (Å²) in [6.07, 6.45) is 2.24. The van der Waals surface area contributed by atoms with E-state index >= 15 is 0 Å². The van der Waals surface area contributed by atoms with E-state index in [2.05, 4.69) is 39.5 Å². The second kappa shape index (κ2) is 6.41. The maximum atomic E-state index is 6.09. The van der Waals surface area contributed by atoms with E-state index in [4.69, 9.17) is 5.73 Å². The van der Waals surface area contributed by atoms with E-state index in [0.717, 1.165) is 32.5 Å². The molecule has 0 bridgehead atoms. The molecule has 14 heavy (non-hydrogen) atoms. The molecule has 0 aliphatic heterocycles. The zero-order valence-corrected chi connectivity index (χ0v) is 10.6. The number of hydrogen-bond acceptors (Lipinski definition) is 2. The molecule has 1 unspecified atom stereocenters. The number of nitrogens with two attached hydrogens (primary N) is 1. The topological polar surface area (TPSA) is 29.3 Å². The van der Waals surface area contributed by atoms with Gasteiger partial charge in [-0.25, -0.2) is 0 Å². The van der Waals surface area contributed by atoms with Gasteiger partial charge in [0.05, 0.1) is 0 Å². The summed E-state index contributed by atoms with van der Waals surface area (Å²) in [7, 11) is 0. The quantitative estimate of drug-likeness (QED) is 0.714. The van der Waals surface area contributed by atoms with Crippen molar-refractivity contribution < 1.29 is 0 Å². The molecular formula is C12H28N2. The van der Waals surface area contributed by atoms with Crippen LogP contribution in [-0.2, 0) is 0 Å². The molecule has 0 aromatic carbocycles. The van der Waals surface area contributed by atoms with Crippen molar-refractivity contribution in [1.82, 2.24) is 4.90 Å². The maximum Gasteiger partial charge on any atom is 0.00559 e. The maximum absolute atomic E-state index is 6.09. The average molecular weight is 200 g/mol. The van der Waals surface area contributed by atoms with Gasteiger partial charge in [-0.1, -0.05) is 34.6 Å². The lowest BCUT2D eigenvalue weighted by atomic mass is 9.87. The first-order valence-corrected chi connectivity index (χ1v) is 5.87. The van der Waals surface area contributed by atoms with Crippen LogP contribution in [0.25, 0.3) is 0 Å². The molecule has 0 aromatic heterocycles. The fraction of sp³-hybridized carbons (Fsp3) is 1.00. The van der Waals surface area contributed by atoms with E-state index in [-0.39, 0.29) is 0 Å². The zero-order chi connectivity index (χ0) is 11.2. The van der Waals surface area contributed by atoms with Gasteiger partial charge in [0.15, 0.2) is 0 Å². The second-order valence-corrected chi connectivity index (χ2v) is 5.34. The van der Waals surface area contributed by atoms with Gasteiger partial charge >= 0.3 is 0 Å². The Morgan fingerprint density at radius 2 is 1.64 bits per heavy atom. The Balaban J connectivity index is 3.67. The molecule has 0 aromatic rings. The predicted octanol–water partition coefficient (Wildman–Crippen LogP) is 2.48. The highest BCUT2D eigenvalue weighted by Crippen LogP contribution is 2.21. The molecule has 0 aliphatic carbocycles. The fourth-order valence-electron chi connectivity index (χ4n) is 1.78. The first kappa shape index (κ1) is 13.9. The molecule has 2 heteroatoms. The van der Waals surface area contributed by atoms with Gasteiger partial charge in [0.1, 0.15) is 0 Å². The summed E-state index contributed by atoms with van der Waals surface area (Å²) >= 11 is 0. The molecular weight excluding hydrogens is 172 g/mol. The van der Waals surface area contributed by atoms with Gasteiger partial charge in [0, 0.05) is 6.04 Å². The van der Waals surface area contributed by atoms with Crippen LogP contribution in [0, 0.1) is 5.41 Å². The molecule has 0 saturated carbocycles. The predicted molar refractivity (Wildman–Crippen MR) is 64.5 cm³/mol. The van der Waals surface area contributed by atoms with Crippen molar-refractivity contribution in [2.24, 2.45) is 11.1 Å². The molecule has 0 fully saturated rings. The van der Waals surface area contributed by atoms with Gasteiger partial charge in [-0.05, 0) is 37.9 Å². The molecule has 86 valence electrons. The standard InChI is InChI=1S/C12H28N2/c1-6-14(7-2)9-8-11(13)10-12(3,4)5/h11H,6-10,13H2,1-5H3. The van der Waals surface area contributed by atoms with Crippen molar-refractivity contribution >= 4 is 0 Å². The van der Waals surface area contributed by atoms with Crippen LogP contribution < -0.4 is 5.73 Å². The van der Waals surface area contributed by atoms with Gasteiger partial charge in [-0.15, -0.1) is 0 Å². The van der Waals surface area contributed by atoms with Crippen LogP contribution in [0.2, 0.25) is 0 Å². The van der Waals surface area contributed by atoms with Gasteiger partial charge < -0.3 is 10.6 Å². The number of nitrogens with zero attached hydrogens (tertiary/aromatic N) is 1. The lowest BCUT2D eigenvalue weighted by Gasteiger charge is -2.25. The van der Waals surface area contributed by atoms with E-state index in [1.165, 1.54) is 0 Å². The minimum absolute atomic E-state index is 0.357. The van der Waals surface area contributed by atoms with Crippen LogP contribution >= 0.6 is 0 Å². The molecule has 1 atom stereocenters. The molecule has 0 aliphatic rings. The molecule has 2 N–H and O–H groups in total. The van der Waals surface area contributed by atoms with Crippen LogP contribution in [0.4, 0.5) is 0 Å². The summed E-state index contributed by atoms with van der Waals surface area (Å²) in [5.74, 6) is 0. The molecule has 0 saturated heterocycles. The average Bonchev–Trinajstić information content (AvgIpc) is 2.03. The highest BCUT2D eigenvalue weighted by atomic mass is 15.1. The van der Waals surface area contributed by atoms with Crippen molar-refractivity contribution in [2.75, 3.05) is 19.6 Å². The molecule has 0 radical (unpaired) electrons. The van der Waals surface area contributed by atoms with Crippen molar-refractivity contribution in [1.29, 1.82) is 0 Å². The first-order valence-electron chi connectivity index (χ1n) is 5.87. The molecule has 0 spiro atoms. The summed E-state index contributed by atoms with van der Waals surface area (Å²) < 4.78 is 0. The molecule has 0 heterocycles. The Morgan fingerprint density at radius 1 is 1.14 bits per heavy atom. The lowest BCUT2D eigenvalue weighted by Crippen LogP contribution is -2.32. The van der Waals surface area contributed by atoms with E-state index in [1.54, 1.807) is 0 Å². The highest BCUT2D eigenvalue weighted by molar-refractivity contribution is 4.72. The highest BCUT2D eigenvalue weighted by Gasteiger charge is 2.15. The summed E-state index contributed by atoms with van der Waals surface area (Å²) in [6.45, 7) is 14.6. The summed E-state index contributed by atoms with van der Waals surface area (Å²) in [4.78, 5) is 2.43. The summed E-state index contributed by atoms with van der Waals surface area (Å²) in [6, 6.07) is 0.357. The molecule has 2 nitrogen and oxygen atoms in total. The third kappa shape index (κ3) is 7.34. The Kier molecular flexibility index (Phi) is 6.38. The summed E-state index contributed by atoms with van der Waals surface area (Å²) in [5.41, 5.74) is 6.45. The Labute approximate surface area is 89.9 Å². The van der Waals surface area contributed by atoms with Crippen molar-refractivity contribution in [3.05, 3.63) is 0 Å². The third-order valence-corrected chi connectivity index (χ3v) is 2.59. The first-order chi connectivity index (χ1) is 6.39. The van der Waals surface area contributed by atoms with Crippen LogP contribution in [0.5, 0.6) is 0 Å². The van der Waals surface area contributed by atoms with Crippen molar-refractivity contribution in [3.63, 3.8) is 0 Å². The van der Waals surface area contributed by atoms with E-state index in [1.807, 2.05) is 0 Å². The number of hydrogen-bond donors (Lipinski definition) is 1. The minimum atomic E-state index is 0.357. The van der Waals surface area contributed by atoms with Crippen LogP contribution in [-0.4, -0.2) is 30.6 Å². The molecule has 0 rings (SSSR count). The smallest absolute Gasteiger partial charge is 0.00559 e. The third-order valence-electron chi connectivity index (χ3n) is 2.59. The van der Waals surface area contributed by atoms with E-state index < -0.39 is 0 Å². The Hall–Kier alpha value is -0.0800. The Bertz CT molecular complexity index is 134. The van der Waals surface area contributed by atoms with E-state index in [9.17, 15) is 0 Å². The van der Waals surface area contributed by atoms with Gasteiger partial charge in [0.25, 0.3) is 0 Å².